The molecule has 0 aliphatic carbocycles. The van der Waals surface area contributed by atoms with Gasteiger partial charge in [-0.05, 0) is 59.5 Å². The van der Waals surface area contributed by atoms with Crippen molar-refractivity contribution < 1.29 is 19.8 Å². The van der Waals surface area contributed by atoms with Gasteiger partial charge in [-0.1, -0.05) is 27.7 Å². The van der Waals surface area contributed by atoms with E-state index in [-0.39, 0.29) is 23.7 Å². The van der Waals surface area contributed by atoms with Crippen LogP contribution in [0.3, 0.4) is 0 Å². The predicted octanol–water partition coefficient (Wildman–Crippen LogP) is 2.31. The largest absolute Gasteiger partial charge is 0.391 e. The number of aliphatic hydroxyl groups is 2. The fourth-order valence-electron chi connectivity index (χ4n) is 4.08. The molecule has 7 heteroatoms. The lowest BCUT2D eigenvalue weighted by molar-refractivity contribution is -0.142. The van der Waals surface area contributed by atoms with Crippen LogP contribution in [0.5, 0.6) is 0 Å². The number of rotatable bonds is 13. The second kappa shape index (κ2) is 13.4. The molecule has 0 heterocycles. The first-order valence-electron chi connectivity index (χ1n) is 11.7. The smallest absolute Gasteiger partial charge is 0.227 e. The number of nitrogens with zero attached hydrogens (tertiary/aromatic N) is 3. The summed E-state index contributed by atoms with van der Waals surface area (Å²) in [6.07, 6.45) is 0.154. The molecular formula is C24H49N3O4. The third-order valence-electron chi connectivity index (χ3n) is 6.93. The van der Waals surface area contributed by atoms with E-state index in [4.69, 9.17) is 0 Å². The van der Waals surface area contributed by atoms with E-state index in [0.717, 1.165) is 12.8 Å². The number of aliphatic hydroxyl groups excluding tert-OH is 2. The molecule has 31 heavy (non-hydrogen) atoms. The van der Waals surface area contributed by atoms with Gasteiger partial charge in [0.15, 0.2) is 0 Å². The van der Waals surface area contributed by atoms with Gasteiger partial charge >= 0.3 is 0 Å². The molecule has 5 unspecified atom stereocenters. The monoisotopic (exact) mass is 443 g/mol. The maximum Gasteiger partial charge on any atom is 0.227 e. The Morgan fingerprint density at radius 2 is 1.32 bits per heavy atom. The average molecular weight is 444 g/mol. The topological polar surface area (TPSA) is 84.3 Å². The Labute approximate surface area is 190 Å². The van der Waals surface area contributed by atoms with Crippen LogP contribution in [0, 0.1) is 23.7 Å². The molecule has 0 aliphatic rings. The van der Waals surface area contributed by atoms with Gasteiger partial charge in [0.25, 0.3) is 0 Å². The van der Waals surface area contributed by atoms with Crippen molar-refractivity contribution in [3.63, 3.8) is 0 Å². The Bertz CT molecular complexity index is 555. The van der Waals surface area contributed by atoms with Crippen LogP contribution in [0.2, 0.25) is 0 Å². The standard InChI is InChI=1S/C24H49N3O4/c1-15(13-18(4)25(8)9)12-16(2)19(5)24(31)26(10)14-17(3)23(30)27(11)20(6)22(29)21(7)28/h15-22,28-29H,12-14H2,1-11H3/t15?,16?,17?,18?,19?,20-,21-,22+/m0/s1. The zero-order chi connectivity index (χ0) is 24.6. The quantitative estimate of drug-likeness (QED) is 0.456. The van der Waals surface area contributed by atoms with Crippen LogP contribution < -0.4 is 0 Å². The number of carbonyl (C=O) groups excluding carboxylic acids is 2. The van der Waals surface area contributed by atoms with Crippen molar-refractivity contribution in [2.45, 2.75) is 85.6 Å². The van der Waals surface area contributed by atoms with Crippen LogP contribution in [-0.2, 0) is 9.59 Å². The van der Waals surface area contributed by atoms with Crippen molar-refractivity contribution in [3.8, 4) is 0 Å². The van der Waals surface area contributed by atoms with Crippen molar-refractivity contribution >= 4 is 11.8 Å². The molecule has 0 aromatic rings. The minimum Gasteiger partial charge on any atom is -0.391 e. The molecule has 2 amide bonds. The maximum atomic E-state index is 13.0. The molecule has 7 nitrogen and oxygen atoms in total. The Kier molecular flexibility index (Phi) is 12.9. The fraction of sp³-hybridized carbons (Fsp3) is 0.917. The van der Waals surface area contributed by atoms with E-state index in [2.05, 4.69) is 39.8 Å². The highest BCUT2D eigenvalue weighted by atomic mass is 16.3. The Hall–Kier alpha value is -1.18. The van der Waals surface area contributed by atoms with Gasteiger partial charge in [0, 0.05) is 32.6 Å². The molecule has 0 aromatic heterocycles. The third-order valence-corrected chi connectivity index (χ3v) is 6.93. The molecule has 184 valence electrons. The van der Waals surface area contributed by atoms with Crippen LogP contribution in [0.25, 0.3) is 0 Å². The third kappa shape index (κ3) is 9.46. The van der Waals surface area contributed by atoms with Crippen molar-refractivity contribution in [1.82, 2.24) is 14.7 Å². The lowest BCUT2D eigenvalue weighted by atomic mass is 9.84. The van der Waals surface area contributed by atoms with Gasteiger partial charge < -0.3 is 24.9 Å². The Balaban J connectivity index is 4.82. The van der Waals surface area contributed by atoms with Crippen LogP contribution >= 0.6 is 0 Å². The zero-order valence-corrected chi connectivity index (χ0v) is 21.8. The molecule has 0 saturated heterocycles. The summed E-state index contributed by atoms with van der Waals surface area (Å²) >= 11 is 0. The van der Waals surface area contributed by atoms with Crippen molar-refractivity contribution in [1.29, 1.82) is 0 Å². The van der Waals surface area contributed by atoms with E-state index < -0.39 is 24.2 Å². The van der Waals surface area contributed by atoms with Crippen molar-refractivity contribution in [2.24, 2.45) is 23.7 Å². The number of hydrogen-bond acceptors (Lipinski definition) is 5. The summed E-state index contributed by atoms with van der Waals surface area (Å²) < 4.78 is 0. The van der Waals surface area contributed by atoms with Crippen LogP contribution in [0.4, 0.5) is 0 Å². The van der Waals surface area contributed by atoms with Gasteiger partial charge in [0.05, 0.1) is 24.2 Å². The molecule has 0 radical (unpaired) electrons. The van der Waals surface area contributed by atoms with Crippen LogP contribution in [0.1, 0.15) is 61.3 Å². The number of hydrogen-bond donors (Lipinski definition) is 2. The summed E-state index contributed by atoms with van der Waals surface area (Å²) in [6, 6.07) is -0.00425. The van der Waals surface area contributed by atoms with Gasteiger partial charge in [0.1, 0.15) is 0 Å². The van der Waals surface area contributed by atoms with E-state index in [1.165, 1.54) is 11.8 Å². The Morgan fingerprint density at radius 1 is 0.806 bits per heavy atom. The predicted molar refractivity (Wildman–Crippen MR) is 127 cm³/mol. The molecule has 0 fully saturated rings. The number of carbonyl (C=O) groups is 2. The SMILES string of the molecule is CC(CC(C)C(C)C(=O)N(C)CC(C)C(=O)N(C)[C@@H](C)[C@@H](O)[C@H](C)O)CC(C)N(C)C. The first-order valence-corrected chi connectivity index (χ1v) is 11.7. The fourth-order valence-corrected chi connectivity index (χ4v) is 4.08. The van der Waals surface area contributed by atoms with Crippen LogP contribution in [0.15, 0.2) is 0 Å². The zero-order valence-electron chi connectivity index (χ0n) is 21.8. The minimum atomic E-state index is -1.02. The van der Waals surface area contributed by atoms with E-state index in [1.54, 1.807) is 32.8 Å². The highest BCUT2D eigenvalue weighted by Crippen LogP contribution is 2.25. The van der Waals surface area contributed by atoms with E-state index in [9.17, 15) is 19.8 Å². The first kappa shape index (κ1) is 29.8. The number of amides is 2. The van der Waals surface area contributed by atoms with Crippen molar-refractivity contribution in [2.75, 3.05) is 34.7 Å². The highest BCUT2D eigenvalue weighted by molar-refractivity contribution is 5.81. The van der Waals surface area contributed by atoms with Gasteiger partial charge in [-0.3, -0.25) is 9.59 Å². The van der Waals surface area contributed by atoms with Gasteiger partial charge in [-0.25, -0.2) is 0 Å². The van der Waals surface area contributed by atoms with E-state index in [1.807, 2.05) is 6.92 Å². The summed E-state index contributed by atoms with van der Waals surface area (Å²) in [5.74, 6) is 0.180. The second-order valence-corrected chi connectivity index (χ2v) is 10.2. The van der Waals surface area contributed by atoms with Gasteiger partial charge in [0.2, 0.25) is 11.8 Å². The van der Waals surface area contributed by atoms with Gasteiger partial charge in [-0.2, -0.15) is 0 Å². The lowest BCUT2D eigenvalue weighted by Gasteiger charge is -2.34. The number of likely N-dealkylation sites (N-methyl/N-ethyl adjacent to an activating group) is 1. The summed E-state index contributed by atoms with van der Waals surface area (Å²) in [4.78, 5) is 31.1. The molecule has 2 N–H and O–H groups in total. The van der Waals surface area contributed by atoms with E-state index >= 15 is 0 Å². The molecular weight excluding hydrogens is 394 g/mol. The Morgan fingerprint density at radius 3 is 1.77 bits per heavy atom. The molecule has 0 spiro atoms. The van der Waals surface area contributed by atoms with E-state index in [0.29, 0.717) is 18.5 Å². The molecule has 0 aromatic carbocycles. The maximum absolute atomic E-state index is 13.0. The summed E-state index contributed by atoms with van der Waals surface area (Å²) in [7, 11) is 7.56. The normalized spacial score (nSPS) is 19.7. The van der Waals surface area contributed by atoms with Crippen LogP contribution in [-0.4, -0.2) is 95.8 Å². The molecule has 0 saturated carbocycles. The van der Waals surface area contributed by atoms with Crippen molar-refractivity contribution in [3.05, 3.63) is 0 Å². The molecule has 8 atom stereocenters. The minimum absolute atomic E-state index is 0.0553. The summed E-state index contributed by atoms with van der Waals surface area (Å²) in [5.41, 5.74) is 0. The molecule has 0 bridgehead atoms. The second-order valence-electron chi connectivity index (χ2n) is 10.2. The van der Waals surface area contributed by atoms with Gasteiger partial charge in [-0.15, -0.1) is 0 Å². The lowest BCUT2D eigenvalue weighted by Crippen LogP contribution is -2.50. The molecule has 0 rings (SSSR count). The molecule has 0 aliphatic heterocycles. The average Bonchev–Trinajstić information content (AvgIpc) is 2.69. The highest BCUT2D eigenvalue weighted by Gasteiger charge is 2.31. The summed E-state index contributed by atoms with van der Waals surface area (Å²) in [5, 5.41) is 19.6. The first-order chi connectivity index (χ1) is 14.1. The summed E-state index contributed by atoms with van der Waals surface area (Å²) in [6.45, 7) is 13.9.